The predicted molar refractivity (Wildman–Crippen MR) is 144 cm³/mol. The van der Waals surface area contributed by atoms with Gasteiger partial charge in [-0.1, -0.05) is 37.5 Å². The van der Waals surface area contributed by atoms with Gasteiger partial charge in [0.1, 0.15) is 0 Å². The maximum atomic E-state index is 4.94. The molecule has 3 heterocycles. The van der Waals surface area contributed by atoms with Gasteiger partial charge in [0.15, 0.2) is 0 Å². The van der Waals surface area contributed by atoms with Crippen molar-refractivity contribution in [2.45, 2.75) is 76.4 Å². The van der Waals surface area contributed by atoms with E-state index in [1.54, 1.807) is 5.56 Å². The van der Waals surface area contributed by atoms with Gasteiger partial charge in [-0.15, -0.1) is 0 Å². The quantitative estimate of drug-likeness (QED) is 0.648. The van der Waals surface area contributed by atoms with Crippen LogP contribution in [0.2, 0.25) is 0 Å². The summed E-state index contributed by atoms with van der Waals surface area (Å²) in [6.45, 7) is 7.79. The monoisotopic (exact) mass is 473 g/mol. The van der Waals surface area contributed by atoms with E-state index in [1.807, 2.05) is 6.20 Å². The zero-order chi connectivity index (χ0) is 23.5. The molecule has 0 spiro atoms. The number of fused-ring (bicyclic) bond motifs is 2. The highest BCUT2D eigenvalue weighted by Gasteiger charge is 2.32. The van der Waals surface area contributed by atoms with Crippen molar-refractivity contribution in [2.24, 2.45) is 5.92 Å². The van der Waals surface area contributed by atoms with Crippen molar-refractivity contribution in [2.75, 3.05) is 44.2 Å². The Balaban J connectivity index is 1.23. The molecule has 1 aromatic carbocycles. The van der Waals surface area contributed by atoms with Crippen LogP contribution in [-0.2, 0) is 19.4 Å². The highest BCUT2D eigenvalue weighted by Crippen LogP contribution is 2.36. The van der Waals surface area contributed by atoms with E-state index in [1.165, 1.54) is 80.4 Å². The van der Waals surface area contributed by atoms with E-state index in [2.05, 4.69) is 50.8 Å². The van der Waals surface area contributed by atoms with Crippen LogP contribution in [0.1, 0.15) is 73.4 Å². The van der Waals surface area contributed by atoms with Crippen molar-refractivity contribution in [3.05, 3.63) is 58.9 Å². The Labute approximate surface area is 211 Å². The Kier molecular flexibility index (Phi) is 7.36. The number of rotatable bonds is 6. The Morgan fingerprint density at radius 1 is 0.914 bits per heavy atom. The molecule has 4 aliphatic rings. The first kappa shape index (κ1) is 23.4. The summed E-state index contributed by atoms with van der Waals surface area (Å²) < 4.78 is 0. The summed E-state index contributed by atoms with van der Waals surface area (Å²) in [5.41, 5.74) is 7.44. The normalized spacial score (nSPS) is 25.3. The number of anilines is 1. The molecule has 2 fully saturated rings. The van der Waals surface area contributed by atoms with Crippen molar-refractivity contribution >= 4 is 5.69 Å². The van der Waals surface area contributed by atoms with E-state index >= 15 is 0 Å². The van der Waals surface area contributed by atoms with Crippen molar-refractivity contribution in [3.63, 3.8) is 0 Å². The van der Waals surface area contributed by atoms with E-state index < -0.39 is 0 Å². The summed E-state index contributed by atoms with van der Waals surface area (Å²) in [6.07, 6.45) is 14.0. The minimum absolute atomic E-state index is 0.480. The largest absolute Gasteiger partial charge is 0.369 e. The number of nitrogens with zero attached hydrogens (tertiary/aromatic N) is 3. The zero-order valence-electron chi connectivity index (χ0n) is 21.4. The molecule has 2 aromatic rings. The third kappa shape index (κ3) is 5.28. The van der Waals surface area contributed by atoms with Gasteiger partial charge in [0.05, 0.1) is 11.7 Å². The van der Waals surface area contributed by atoms with Crippen LogP contribution in [0, 0.1) is 5.92 Å². The maximum Gasteiger partial charge on any atom is 0.0607 e. The lowest BCUT2D eigenvalue weighted by atomic mass is 9.85. The molecule has 2 N–H and O–H groups in total. The molecule has 5 nitrogen and oxygen atoms in total. The van der Waals surface area contributed by atoms with E-state index in [0.29, 0.717) is 12.1 Å². The van der Waals surface area contributed by atoms with Crippen LogP contribution >= 0.6 is 0 Å². The molecule has 1 saturated heterocycles. The maximum absolute atomic E-state index is 4.94. The Morgan fingerprint density at radius 2 is 1.77 bits per heavy atom. The number of pyridine rings is 1. The fourth-order valence-corrected chi connectivity index (χ4v) is 7.18. The second-order valence-corrected chi connectivity index (χ2v) is 11.3. The van der Waals surface area contributed by atoms with Gasteiger partial charge in [0.25, 0.3) is 0 Å². The van der Waals surface area contributed by atoms with Crippen molar-refractivity contribution in [1.82, 2.24) is 20.5 Å². The number of piperazine rings is 1. The first-order valence-corrected chi connectivity index (χ1v) is 14.3. The highest BCUT2D eigenvalue weighted by molar-refractivity contribution is 5.58. The van der Waals surface area contributed by atoms with Gasteiger partial charge in [-0.2, -0.15) is 0 Å². The second kappa shape index (κ2) is 11.0. The fourth-order valence-electron chi connectivity index (χ4n) is 7.18. The molecule has 0 radical (unpaired) electrons. The Bertz CT molecular complexity index is 978. The Morgan fingerprint density at radius 3 is 2.66 bits per heavy atom. The van der Waals surface area contributed by atoms with Gasteiger partial charge in [-0.3, -0.25) is 9.88 Å². The smallest absolute Gasteiger partial charge is 0.0607 e. The van der Waals surface area contributed by atoms with E-state index in [4.69, 9.17) is 4.98 Å². The molecule has 2 aliphatic carbocycles. The number of nitrogens with one attached hydrogen (secondary N) is 2. The van der Waals surface area contributed by atoms with Gasteiger partial charge < -0.3 is 15.5 Å². The summed E-state index contributed by atoms with van der Waals surface area (Å²) in [7, 11) is 0. The molecule has 6 rings (SSSR count). The molecule has 2 atom stereocenters. The van der Waals surface area contributed by atoms with Crippen LogP contribution in [0.25, 0.3) is 0 Å². The van der Waals surface area contributed by atoms with Crippen LogP contribution in [0.5, 0.6) is 0 Å². The molecule has 1 saturated carbocycles. The molecule has 1 aromatic heterocycles. The fraction of sp³-hybridized carbons (Fsp3) is 0.633. The topological polar surface area (TPSA) is 43.4 Å². The third-order valence-electron chi connectivity index (χ3n) is 9.02. The third-order valence-corrected chi connectivity index (χ3v) is 9.02. The SMILES string of the molecule is c1cnc2c(c1)CCC[C@@H]2N(CC1CCCCC1)CC1Cc2c(cccc2N2CCNCC2)CN1. The zero-order valence-corrected chi connectivity index (χ0v) is 21.4. The van der Waals surface area contributed by atoms with Crippen molar-refractivity contribution in [3.8, 4) is 0 Å². The minimum atomic E-state index is 0.480. The van der Waals surface area contributed by atoms with E-state index in [9.17, 15) is 0 Å². The molecule has 0 amide bonds. The summed E-state index contributed by atoms with van der Waals surface area (Å²) in [6, 6.07) is 12.4. The average Bonchev–Trinajstić information content (AvgIpc) is 2.93. The molecule has 188 valence electrons. The molecular formula is C30H43N5. The van der Waals surface area contributed by atoms with Gasteiger partial charge in [-0.25, -0.2) is 0 Å². The number of hydrogen-bond donors (Lipinski definition) is 2. The summed E-state index contributed by atoms with van der Waals surface area (Å²) >= 11 is 0. The summed E-state index contributed by atoms with van der Waals surface area (Å²) in [4.78, 5) is 10.4. The summed E-state index contributed by atoms with van der Waals surface area (Å²) in [5, 5.41) is 7.46. The highest BCUT2D eigenvalue weighted by atomic mass is 15.2. The lowest BCUT2D eigenvalue weighted by Crippen LogP contribution is -2.49. The first-order chi connectivity index (χ1) is 17.3. The van der Waals surface area contributed by atoms with E-state index in [0.717, 1.165) is 51.6 Å². The van der Waals surface area contributed by atoms with Crippen LogP contribution in [0.3, 0.4) is 0 Å². The molecule has 35 heavy (non-hydrogen) atoms. The van der Waals surface area contributed by atoms with Gasteiger partial charge in [-0.05, 0) is 73.3 Å². The molecule has 1 unspecified atom stereocenters. The van der Waals surface area contributed by atoms with Crippen LogP contribution in [0.4, 0.5) is 5.69 Å². The first-order valence-electron chi connectivity index (χ1n) is 14.3. The van der Waals surface area contributed by atoms with Crippen molar-refractivity contribution in [1.29, 1.82) is 0 Å². The van der Waals surface area contributed by atoms with Crippen LogP contribution in [0.15, 0.2) is 36.5 Å². The molecule has 5 heteroatoms. The summed E-state index contributed by atoms with van der Waals surface area (Å²) in [5.74, 6) is 0.852. The molecule has 0 bridgehead atoms. The number of benzene rings is 1. The number of aryl methyl sites for hydroxylation is 1. The molecule has 2 aliphatic heterocycles. The standard InChI is InChI=1S/C30H43N5/c1-2-7-23(8-3-1)21-35(29-13-4-9-24-11-6-14-32-30(24)29)22-26-19-27-25(20-33-26)10-5-12-28(27)34-17-15-31-16-18-34/h5-6,10-12,14,23,26,29,31,33H,1-4,7-9,13,15-22H2/t26?,29-/m0/s1. The second-order valence-electron chi connectivity index (χ2n) is 11.3. The molecular weight excluding hydrogens is 430 g/mol. The van der Waals surface area contributed by atoms with Gasteiger partial charge >= 0.3 is 0 Å². The number of hydrogen-bond acceptors (Lipinski definition) is 5. The van der Waals surface area contributed by atoms with Crippen molar-refractivity contribution < 1.29 is 0 Å². The van der Waals surface area contributed by atoms with Crippen LogP contribution in [-0.4, -0.2) is 55.2 Å². The lowest BCUT2D eigenvalue weighted by Gasteiger charge is -2.41. The predicted octanol–water partition coefficient (Wildman–Crippen LogP) is 4.47. The number of aromatic nitrogens is 1. The lowest BCUT2D eigenvalue weighted by molar-refractivity contribution is 0.117. The Hall–Kier alpha value is -1.95. The van der Waals surface area contributed by atoms with Gasteiger partial charge in [0, 0.05) is 63.7 Å². The average molecular weight is 474 g/mol. The van der Waals surface area contributed by atoms with Crippen LogP contribution < -0.4 is 15.5 Å². The van der Waals surface area contributed by atoms with Gasteiger partial charge in [0.2, 0.25) is 0 Å². The van der Waals surface area contributed by atoms with E-state index in [-0.39, 0.29) is 0 Å². The minimum Gasteiger partial charge on any atom is -0.369 e.